The van der Waals surface area contributed by atoms with Gasteiger partial charge in [0.05, 0.1) is 12.2 Å². The van der Waals surface area contributed by atoms with Crippen molar-refractivity contribution in [3.05, 3.63) is 32.6 Å². The van der Waals surface area contributed by atoms with Crippen molar-refractivity contribution >= 4 is 23.5 Å². The van der Waals surface area contributed by atoms with Crippen LogP contribution in [0, 0.1) is 0 Å². The van der Waals surface area contributed by atoms with Gasteiger partial charge < -0.3 is 39.1 Å². The van der Waals surface area contributed by atoms with E-state index in [9.17, 15) is 38.4 Å². The molecule has 1 aromatic rings. The van der Waals surface area contributed by atoms with Crippen LogP contribution in [0.15, 0.2) is 15.8 Å². The first-order chi connectivity index (χ1) is 13.5. The van der Waals surface area contributed by atoms with Gasteiger partial charge >= 0.3 is 29.2 Å². The summed E-state index contributed by atoms with van der Waals surface area (Å²) in [6.07, 6.45) is -5.53. The van der Waals surface area contributed by atoms with E-state index in [0.717, 1.165) is 10.8 Å². The fourth-order valence-corrected chi connectivity index (χ4v) is 5.43. The summed E-state index contributed by atoms with van der Waals surface area (Å²) in [5, 5.41) is 20.1. The lowest BCUT2D eigenvalue weighted by atomic mass is 10.0. The molecule has 1 saturated heterocycles. The first-order valence-electron chi connectivity index (χ1n) is 7.61. The summed E-state index contributed by atoms with van der Waals surface area (Å²) in [7, 11) is -15.5. The molecule has 172 valence electrons. The summed E-state index contributed by atoms with van der Waals surface area (Å²) in [5.74, 6) is 0. The average Bonchev–Trinajstić information content (AvgIpc) is 2.81. The molecule has 0 bridgehead atoms. The maximum Gasteiger partial charge on any atom is 0.490 e. The Morgan fingerprint density at radius 2 is 1.67 bits per heavy atom. The van der Waals surface area contributed by atoms with Gasteiger partial charge in [-0.2, -0.15) is 8.62 Å². The van der Waals surface area contributed by atoms with Crippen LogP contribution in [0.4, 0.5) is 0 Å². The predicted molar refractivity (Wildman–Crippen MR) is 91.7 cm³/mol. The second kappa shape index (κ2) is 8.84. The molecule has 0 radical (unpaired) electrons. The second-order valence-electron chi connectivity index (χ2n) is 5.92. The number of H-pyrrole nitrogens is 1. The van der Waals surface area contributed by atoms with Crippen LogP contribution in [0.2, 0.25) is 0 Å². The lowest BCUT2D eigenvalue weighted by molar-refractivity contribution is -0.0228. The maximum atomic E-state index is 11.9. The molecule has 20 heteroatoms. The van der Waals surface area contributed by atoms with Gasteiger partial charge in [0.2, 0.25) is 0 Å². The Hall–Kier alpha value is -1.03. The first kappa shape index (κ1) is 25.2. The van der Waals surface area contributed by atoms with Gasteiger partial charge in [-0.1, -0.05) is 0 Å². The van der Waals surface area contributed by atoms with Crippen LogP contribution in [-0.2, 0) is 38.6 Å². The largest absolute Gasteiger partial charge is 0.490 e. The van der Waals surface area contributed by atoms with Gasteiger partial charge in [-0.05, 0) is 0 Å². The summed E-state index contributed by atoms with van der Waals surface area (Å²) in [5.41, 5.74) is -1.95. The number of aromatic nitrogens is 2. The highest BCUT2D eigenvalue weighted by Gasteiger charge is 2.47. The van der Waals surface area contributed by atoms with E-state index in [0.29, 0.717) is 0 Å². The van der Waals surface area contributed by atoms with E-state index in [1.54, 1.807) is 0 Å². The van der Waals surface area contributed by atoms with Gasteiger partial charge in [0.1, 0.15) is 24.4 Å². The molecule has 2 heterocycles. The quantitative estimate of drug-likeness (QED) is 0.184. The van der Waals surface area contributed by atoms with Gasteiger partial charge in [0.25, 0.3) is 5.56 Å². The molecule has 2 rings (SSSR count). The van der Waals surface area contributed by atoms with Crippen LogP contribution in [0.5, 0.6) is 0 Å². The Kier molecular flexibility index (Phi) is 7.44. The summed E-state index contributed by atoms with van der Waals surface area (Å²) in [6, 6.07) is 0. The molecule has 17 nitrogen and oxygen atoms in total. The molecule has 0 spiro atoms. The summed E-state index contributed by atoms with van der Waals surface area (Å²) in [6.45, 7) is -1.04. The van der Waals surface area contributed by atoms with Gasteiger partial charge in [-0.25, -0.2) is 18.5 Å². The minimum absolute atomic E-state index is 0.260. The van der Waals surface area contributed by atoms with Crippen LogP contribution >= 0.6 is 23.5 Å². The predicted octanol–water partition coefficient (Wildman–Crippen LogP) is -2.42. The normalized spacial score (nSPS) is 28.8. The number of nitrogens with zero attached hydrogens (tertiary/aromatic N) is 1. The maximum absolute atomic E-state index is 11.9. The van der Waals surface area contributed by atoms with E-state index < -0.39 is 65.7 Å². The van der Waals surface area contributed by atoms with E-state index in [-0.39, 0.29) is 5.56 Å². The number of phosphoric acid groups is 3. The van der Waals surface area contributed by atoms with E-state index in [2.05, 4.69) is 13.1 Å². The topological polar surface area (TPSA) is 264 Å². The third kappa shape index (κ3) is 6.48. The summed E-state index contributed by atoms with van der Waals surface area (Å²) in [4.78, 5) is 60.6. The fourth-order valence-electron chi connectivity index (χ4n) is 2.40. The molecule has 0 aliphatic carbocycles. The molecule has 1 aliphatic rings. The molecule has 6 atom stereocenters. The number of hydrogen-bond donors (Lipinski definition) is 7. The number of aryl methyl sites for hydroxylation is 1. The second-order valence-corrected chi connectivity index (χ2v) is 10.3. The van der Waals surface area contributed by atoms with Crippen molar-refractivity contribution in [2.75, 3.05) is 6.61 Å². The first-order valence-corrected chi connectivity index (χ1v) is 12.1. The Morgan fingerprint density at radius 1 is 1.07 bits per heavy atom. The summed E-state index contributed by atoms with van der Waals surface area (Å²) >= 11 is 0. The molecule has 0 amide bonds. The smallest absolute Gasteiger partial charge is 0.387 e. The van der Waals surface area contributed by atoms with Crippen molar-refractivity contribution in [1.29, 1.82) is 0 Å². The molecule has 3 unspecified atom stereocenters. The fraction of sp³-hybridized carbons (Fsp3) is 0.600. The third-order valence-electron chi connectivity index (χ3n) is 3.62. The highest BCUT2D eigenvalue weighted by Crippen LogP contribution is 2.66. The monoisotopic (exact) mass is 498 g/mol. The molecular formula is C10H17N2O15P3. The van der Waals surface area contributed by atoms with Gasteiger partial charge in [-0.15, -0.1) is 0 Å². The number of ether oxygens (including phenoxy) is 1. The number of nitrogens with one attached hydrogen (secondary N) is 1. The number of aliphatic hydroxyl groups excluding tert-OH is 2. The van der Waals surface area contributed by atoms with Crippen molar-refractivity contribution in [2.24, 2.45) is 7.05 Å². The zero-order valence-corrected chi connectivity index (χ0v) is 17.4. The highest BCUT2D eigenvalue weighted by atomic mass is 31.3. The molecule has 7 N–H and O–H groups in total. The Labute approximate surface area is 165 Å². The van der Waals surface area contributed by atoms with Crippen LogP contribution in [0.25, 0.3) is 0 Å². The van der Waals surface area contributed by atoms with Crippen LogP contribution < -0.4 is 11.2 Å². The van der Waals surface area contributed by atoms with Crippen molar-refractivity contribution < 1.29 is 61.4 Å². The van der Waals surface area contributed by atoms with E-state index in [1.807, 2.05) is 4.98 Å². The third-order valence-corrected chi connectivity index (χ3v) is 7.43. The van der Waals surface area contributed by atoms with Crippen LogP contribution in [-0.4, -0.2) is 64.3 Å². The Balaban J connectivity index is 2.09. The molecule has 1 fully saturated rings. The van der Waals surface area contributed by atoms with Crippen molar-refractivity contribution in [3.63, 3.8) is 0 Å². The molecule has 1 aromatic heterocycles. The molecule has 1 aliphatic heterocycles. The summed E-state index contributed by atoms with van der Waals surface area (Å²) < 4.78 is 51.1. The van der Waals surface area contributed by atoms with E-state index in [4.69, 9.17) is 19.4 Å². The number of rotatable bonds is 8. The van der Waals surface area contributed by atoms with Gasteiger partial charge in [0.15, 0.2) is 0 Å². The number of hydrogen-bond acceptors (Lipinski definition) is 11. The number of aliphatic hydroxyl groups is 2. The average molecular weight is 498 g/mol. The van der Waals surface area contributed by atoms with Crippen molar-refractivity contribution in [1.82, 2.24) is 9.55 Å². The number of aromatic amines is 1. The molecule has 0 saturated carbocycles. The van der Waals surface area contributed by atoms with Gasteiger partial charge in [0, 0.05) is 13.2 Å². The van der Waals surface area contributed by atoms with E-state index >= 15 is 0 Å². The highest BCUT2D eigenvalue weighted by molar-refractivity contribution is 7.66. The Morgan fingerprint density at radius 3 is 2.23 bits per heavy atom. The number of phosphoric ester groups is 1. The van der Waals surface area contributed by atoms with E-state index in [1.165, 1.54) is 7.05 Å². The SMILES string of the molecule is Cn1cc([C@@H]2O[C@H](COP(=O)(O)OP(=O)(O)OP(=O)(O)O)[C@H](O)C2O)c(=O)[nH]c1=O. The minimum Gasteiger partial charge on any atom is -0.387 e. The lowest BCUT2D eigenvalue weighted by Crippen LogP contribution is -2.35. The van der Waals surface area contributed by atoms with Crippen LogP contribution in [0.3, 0.4) is 0 Å². The molecule has 30 heavy (non-hydrogen) atoms. The zero-order chi connectivity index (χ0) is 23.1. The van der Waals surface area contributed by atoms with Crippen molar-refractivity contribution in [3.8, 4) is 0 Å². The molecule has 0 aromatic carbocycles. The zero-order valence-electron chi connectivity index (χ0n) is 14.7. The minimum atomic E-state index is -5.73. The van der Waals surface area contributed by atoms with Crippen LogP contribution in [0.1, 0.15) is 11.7 Å². The standard InChI is InChI=1S/C10H17N2O15P3/c1-12-2-4(9(15)11-10(12)16)8-7(14)6(13)5(25-8)3-24-29(20,21)27-30(22,23)26-28(17,18)19/h2,5-8,13-14H,3H2,1H3,(H,20,21)(H,22,23)(H,11,15,16)(H2,17,18,19)/t5-,6+,7?,8+/m1/s1. The van der Waals surface area contributed by atoms with Crippen molar-refractivity contribution in [2.45, 2.75) is 24.4 Å². The van der Waals surface area contributed by atoms with Gasteiger partial charge in [-0.3, -0.25) is 14.3 Å². The Bertz CT molecular complexity index is 1040. The molecular weight excluding hydrogens is 481 g/mol. The lowest BCUT2D eigenvalue weighted by Gasteiger charge is -2.19.